The van der Waals surface area contributed by atoms with Crippen LogP contribution in [0.15, 0.2) is 60.8 Å². The number of rotatable bonds is 6. The summed E-state index contributed by atoms with van der Waals surface area (Å²) in [6.07, 6.45) is 1.50. The lowest BCUT2D eigenvalue weighted by Gasteiger charge is -2.18. The van der Waals surface area contributed by atoms with E-state index in [9.17, 15) is 14.0 Å². The van der Waals surface area contributed by atoms with Gasteiger partial charge < -0.3 is 23.3 Å². The van der Waals surface area contributed by atoms with Gasteiger partial charge >= 0.3 is 5.97 Å². The number of halogens is 1. The Kier molecular flexibility index (Phi) is 5.57. The number of benzene rings is 2. The fraction of sp³-hybridized carbons (Fsp3) is 0.231. The van der Waals surface area contributed by atoms with E-state index in [-0.39, 0.29) is 29.9 Å². The maximum Gasteiger partial charge on any atom is 0.355 e. The van der Waals surface area contributed by atoms with Crippen LogP contribution in [0.2, 0.25) is 0 Å². The number of carbonyl (C=O) groups excluding carboxylic acids is 2. The molecule has 0 saturated carbocycles. The van der Waals surface area contributed by atoms with Gasteiger partial charge in [0, 0.05) is 17.4 Å². The van der Waals surface area contributed by atoms with E-state index >= 15 is 0 Å². The van der Waals surface area contributed by atoms with Crippen molar-refractivity contribution in [3.8, 4) is 17.2 Å². The highest BCUT2D eigenvalue weighted by Crippen LogP contribution is 2.32. The van der Waals surface area contributed by atoms with Gasteiger partial charge in [-0.15, -0.1) is 0 Å². The Labute approximate surface area is 195 Å². The maximum atomic E-state index is 13.4. The lowest BCUT2D eigenvalue weighted by molar-refractivity contribution is 0.0366. The molecular formula is C26H23FN2O5. The number of hydrogen-bond donors (Lipinski definition) is 0. The average molecular weight is 462 g/mol. The summed E-state index contributed by atoms with van der Waals surface area (Å²) in [6, 6.07) is 14.6. The van der Waals surface area contributed by atoms with Crippen LogP contribution in [0.25, 0.3) is 16.7 Å². The molecule has 4 aromatic rings. The first-order chi connectivity index (χ1) is 16.4. The molecule has 5 rings (SSSR count). The second-order valence-electron chi connectivity index (χ2n) is 8.28. The SMILES string of the molecule is CC(C)OC(=O)c1cc2c(ccn2-c2ccc(F)cc2)n1CC(=O)c1ccc2c(c1)OCCO2. The third-order valence-electron chi connectivity index (χ3n) is 5.58. The molecule has 2 aromatic carbocycles. The molecule has 0 saturated heterocycles. The molecule has 174 valence electrons. The van der Waals surface area contributed by atoms with Crippen LogP contribution in [0.4, 0.5) is 4.39 Å². The van der Waals surface area contributed by atoms with Crippen LogP contribution in [0.3, 0.4) is 0 Å². The van der Waals surface area contributed by atoms with E-state index in [2.05, 4.69) is 0 Å². The first kappa shape index (κ1) is 21.8. The molecule has 0 atom stereocenters. The van der Waals surface area contributed by atoms with E-state index in [0.29, 0.717) is 41.3 Å². The monoisotopic (exact) mass is 462 g/mol. The quantitative estimate of drug-likeness (QED) is 0.304. The van der Waals surface area contributed by atoms with Gasteiger partial charge in [0.25, 0.3) is 0 Å². The van der Waals surface area contributed by atoms with Gasteiger partial charge in [-0.3, -0.25) is 4.79 Å². The number of aromatic nitrogens is 2. The van der Waals surface area contributed by atoms with Crippen molar-refractivity contribution in [1.29, 1.82) is 0 Å². The lowest BCUT2D eigenvalue weighted by Crippen LogP contribution is -2.20. The van der Waals surface area contributed by atoms with Crippen LogP contribution in [-0.2, 0) is 11.3 Å². The zero-order valence-corrected chi connectivity index (χ0v) is 18.8. The highest BCUT2D eigenvalue weighted by molar-refractivity contribution is 6.00. The summed E-state index contributed by atoms with van der Waals surface area (Å²) >= 11 is 0. The molecule has 0 bridgehead atoms. The normalized spacial score (nSPS) is 12.8. The zero-order chi connectivity index (χ0) is 23.8. The van der Waals surface area contributed by atoms with E-state index in [1.807, 2.05) is 16.8 Å². The highest BCUT2D eigenvalue weighted by Gasteiger charge is 2.23. The summed E-state index contributed by atoms with van der Waals surface area (Å²) in [7, 11) is 0. The molecule has 8 heteroatoms. The summed E-state index contributed by atoms with van der Waals surface area (Å²) in [5.41, 5.74) is 2.84. The van der Waals surface area contributed by atoms with Crippen molar-refractivity contribution in [1.82, 2.24) is 9.13 Å². The third-order valence-corrected chi connectivity index (χ3v) is 5.58. The molecular weight excluding hydrogens is 439 g/mol. The summed E-state index contributed by atoms with van der Waals surface area (Å²) < 4.78 is 33.5. The molecule has 0 spiro atoms. The topological polar surface area (TPSA) is 71.7 Å². The van der Waals surface area contributed by atoms with E-state index in [0.717, 1.165) is 5.69 Å². The van der Waals surface area contributed by atoms with Gasteiger partial charge in [-0.2, -0.15) is 0 Å². The minimum absolute atomic E-state index is 0.0703. The predicted octanol–water partition coefficient (Wildman–Crippen LogP) is 4.79. The van der Waals surface area contributed by atoms with Crippen molar-refractivity contribution >= 4 is 22.8 Å². The Morgan fingerprint density at radius 3 is 2.44 bits per heavy atom. The molecule has 7 nitrogen and oxygen atoms in total. The molecule has 0 aliphatic carbocycles. The number of nitrogens with zero attached hydrogens (tertiary/aromatic N) is 2. The summed E-state index contributed by atoms with van der Waals surface area (Å²) in [5, 5.41) is 0. The van der Waals surface area contributed by atoms with Crippen LogP contribution in [0.1, 0.15) is 34.7 Å². The van der Waals surface area contributed by atoms with Crippen LogP contribution in [-0.4, -0.2) is 40.2 Å². The summed E-state index contributed by atoms with van der Waals surface area (Å²) in [5.74, 6) is 0.0748. The van der Waals surface area contributed by atoms with Crippen molar-refractivity contribution in [2.45, 2.75) is 26.5 Å². The Bertz CT molecular complexity index is 1380. The summed E-state index contributed by atoms with van der Waals surface area (Å²) in [6.45, 7) is 4.35. The fourth-order valence-electron chi connectivity index (χ4n) is 4.04. The number of carbonyl (C=O) groups is 2. The molecule has 1 aliphatic heterocycles. The van der Waals surface area contributed by atoms with Crippen molar-refractivity contribution in [2.75, 3.05) is 13.2 Å². The second-order valence-corrected chi connectivity index (χ2v) is 8.28. The van der Waals surface area contributed by atoms with E-state index in [1.54, 1.807) is 54.8 Å². The van der Waals surface area contributed by atoms with Gasteiger partial charge in [0.1, 0.15) is 24.7 Å². The number of ketones is 1. The molecule has 0 N–H and O–H groups in total. The van der Waals surface area contributed by atoms with Crippen molar-refractivity contribution in [3.05, 3.63) is 77.9 Å². The molecule has 0 fully saturated rings. The standard InChI is InChI=1S/C26H23FN2O5/c1-16(2)34-26(31)22-14-21-20(9-10-28(21)19-6-4-18(27)5-7-19)29(22)15-23(30)17-3-8-24-25(13-17)33-12-11-32-24/h3-10,13-14,16H,11-12,15H2,1-2H3. The Morgan fingerprint density at radius 2 is 1.71 bits per heavy atom. The van der Waals surface area contributed by atoms with E-state index in [1.165, 1.54) is 12.1 Å². The molecule has 2 aromatic heterocycles. The Morgan fingerprint density at radius 1 is 0.971 bits per heavy atom. The number of Topliss-reactive ketones (excluding diaryl/α,β-unsaturated/α-hetero) is 1. The van der Waals surface area contributed by atoms with Gasteiger partial charge in [-0.1, -0.05) is 0 Å². The Balaban J connectivity index is 1.55. The van der Waals surface area contributed by atoms with Crippen molar-refractivity contribution < 1.29 is 28.2 Å². The molecule has 3 heterocycles. The number of ether oxygens (including phenoxy) is 3. The smallest absolute Gasteiger partial charge is 0.355 e. The molecule has 1 aliphatic rings. The van der Waals surface area contributed by atoms with Gasteiger partial charge in [0.05, 0.1) is 23.7 Å². The van der Waals surface area contributed by atoms with Gasteiger partial charge in [-0.25, -0.2) is 9.18 Å². The second kappa shape index (κ2) is 8.70. The number of hydrogen-bond acceptors (Lipinski definition) is 5. The number of fused-ring (bicyclic) bond motifs is 2. The largest absolute Gasteiger partial charge is 0.486 e. The molecule has 0 amide bonds. The first-order valence-electron chi connectivity index (χ1n) is 11.0. The Hall–Kier alpha value is -4.07. The summed E-state index contributed by atoms with van der Waals surface area (Å²) in [4.78, 5) is 26.1. The van der Waals surface area contributed by atoms with Crippen molar-refractivity contribution in [3.63, 3.8) is 0 Å². The molecule has 34 heavy (non-hydrogen) atoms. The third kappa shape index (κ3) is 4.03. The fourth-order valence-corrected chi connectivity index (χ4v) is 4.04. The van der Waals surface area contributed by atoms with E-state index < -0.39 is 5.97 Å². The van der Waals surface area contributed by atoms with Crippen molar-refractivity contribution in [2.24, 2.45) is 0 Å². The molecule has 0 unspecified atom stereocenters. The highest BCUT2D eigenvalue weighted by atomic mass is 19.1. The zero-order valence-electron chi connectivity index (χ0n) is 18.8. The number of esters is 1. The predicted molar refractivity (Wildman–Crippen MR) is 124 cm³/mol. The minimum atomic E-state index is -0.521. The van der Waals surface area contributed by atoms with Crippen LogP contribution >= 0.6 is 0 Å². The first-order valence-corrected chi connectivity index (χ1v) is 11.0. The molecule has 0 radical (unpaired) electrons. The van der Waals surface area contributed by atoms with Gasteiger partial charge in [-0.05, 0) is 68.4 Å². The minimum Gasteiger partial charge on any atom is -0.486 e. The van der Waals surface area contributed by atoms with Crippen LogP contribution < -0.4 is 9.47 Å². The van der Waals surface area contributed by atoms with E-state index in [4.69, 9.17) is 14.2 Å². The van der Waals surface area contributed by atoms with Crippen LogP contribution in [0, 0.1) is 5.82 Å². The lowest BCUT2D eigenvalue weighted by atomic mass is 10.1. The van der Waals surface area contributed by atoms with Gasteiger partial charge in [0.15, 0.2) is 17.3 Å². The average Bonchev–Trinajstić information content (AvgIpc) is 3.39. The van der Waals surface area contributed by atoms with Crippen LogP contribution in [0.5, 0.6) is 11.5 Å². The maximum absolute atomic E-state index is 13.4. The van der Waals surface area contributed by atoms with Gasteiger partial charge in [0.2, 0.25) is 0 Å².